The summed E-state index contributed by atoms with van der Waals surface area (Å²) in [5.74, 6) is -1.07. The monoisotopic (exact) mass is 417 g/mol. The van der Waals surface area contributed by atoms with Crippen LogP contribution in [-0.2, 0) is 9.53 Å². The van der Waals surface area contributed by atoms with Crippen molar-refractivity contribution in [3.63, 3.8) is 0 Å². The third-order valence-corrected chi connectivity index (χ3v) is 5.43. The number of likely N-dealkylation sites (tertiary alicyclic amines) is 1. The number of benzene rings is 1. The van der Waals surface area contributed by atoms with E-state index in [0.29, 0.717) is 31.9 Å². The zero-order chi connectivity index (χ0) is 20.6. The van der Waals surface area contributed by atoms with Crippen LogP contribution in [0.25, 0.3) is 0 Å². The van der Waals surface area contributed by atoms with Gasteiger partial charge in [0.15, 0.2) is 0 Å². The van der Waals surface area contributed by atoms with Gasteiger partial charge >= 0.3 is 0 Å². The zero-order valence-electron chi connectivity index (χ0n) is 16.1. The van der Waals surface area contributed by atoms with Crippen LogP contribution in [0.5, 0.6) is 0 Å². The summed E-state index contributed by atoms with van der Waals surface area (Å²) >= 11 is 0.946. The summed E-state index contributed by atoms with van der Waals surface area (Å²) in [5, 5.41) is 13.5. The molecule has 9 nitrogen and oxygen atoms in total. The first-order valence-corrected chi connectivity index (χ1v) is 10.2. The van der Waals surface area contributed by atoms with Gasteiger partial charge in [-0.15, -0.1) is 10.2 Å². The average molecular weight is 417 g/mol. The Morgan fingerprint density at radius 1 is 1.21 bits per heavy atom. The summed E-state index contributed by atoms with van der Waals surface area (Å²) in [4.78, 5) is 38.9. The number of aromatic nitrogens is 2. The van der Waals surface area contributed by atoms with E-state index in [1.807, 2.05) is 18.2 Å². The van der Waals surface area contributed by atoms with Gasteiger partial charge in [0.05, 0.1) is 12.5 Å². The molecule has 0 saturated carbocycles. The largest absolute Gasteiger partial charge is 0.383 e. The Hall–Kier alpha value is -2.85. The van der Waals surface area contributed by atoms with Crippen molar-refractivity contribution in [3.05, 3.63) is 40.3 Å². The van der Waals surface area contributed by atoms with Crippen molar-refractivity contribution in [3.8, 4) is 0 Å². The molecule has 1 atom stereocenters. The second-order valence-corrected chi connectivity index (χ2v) is 7.58. The molecule has 1 aromatic carbocycles. The highest BCUT2D eigenvalue weighted by Crippen LogP contribution is 2.21. The van der Waals surface area contributed by atoms with Crippen LogP contribution in [0.2, 0.25) is 0 Å². The Bertz CT molecular complexity index is 857. The molecule has 0 unspecified atom stereocenters. The fourth-order valence-corrected chi connectivity index (χ4v) is 3.75. The van der Waals surface area contributed by atoms with E-state index in [4.69, 9.17) is 4.74 Å². The zero-order valence-corrected chi connectivity index (χ0v) is 16.9. The van der Waals surface area contributed by atoms with E-state index >= 15 is 0 Å². The van der Waals surface area contributed by atoms with Crippen LogP contribution in [0.15, 0.2) is 30.3 Å². The van der Waals surface area contributed by atoms with Gasteiger partial charge in [0.1, 0.15) is 0 Å². The van der Waals surface area contributed by atoms with Crippen molar-refractivity contribution in [2.75, 3.05) is 38.7 Å². The maximum atomic E-state index is 12.8. The van der Waals surface area contributed by atoms with Crippen molar-refractivity contribution in [1.82, 2.24) is 20.4 Å². The highest BCUT2D eigenvalue weighted by molar-refractivity contribution is 7.15. The number of rotatable bonds is 7. The lowest BCUT2D eigenvalue weighted by molar-refractivity contribution is -0.126. The van der Waals surface area contributed by atoms with E-state index in [-0.39, 0.29) is 27.7 Å². The maximum Gasteiger partial charge on any atom is 0.286 e. The topological polar surface area (TPSA) is 114 Å². The molecule has 29 heavy (non-hydrogen) atoms. The molecule has 1 saturated heterocycles. The third kappa shape index (κ3) is 5.58. The summed E-state index contributed by atoms with van der Waals surface area (Å²) in [6, 6.07) is 8.99. The van der Waals surface area contributed by atoms with Gasteiger partial charge in [-0.2, -0.15) is 0 Å². The van der Waals surface area contributed by atoms with Gasteiger partial charge in [-0.3, -0.25) is 14.4 Å². The first kappa shape index (κ1) is 20.9. The molecule has 2 aromatic rings. The summed E-state index contributed by atoms with van der Waals surface area (Å²) in [5.41, 5.74) is 0.638. The minimum Gasteiger partial charge on any atom is -0.383 e. The van der Waals surface area contributed by atoms with Crippen LogP contribution in [0.3, 0.4) is 0 Å². The normalized spacial score (nSPS) is 16.3. The Balaban J connectivity index is 1.59. The Labute approximate surface area is 172 Å². The van der Waals surface area contributed by atoms with Crippen molar-refractivity contribution >= 4 is 34.7 Å². The predicted molar refractivity (Wildman–Crippen MR) is 108 cm³/mol. The minimum absolute atomic E-state index is 0.0836. The van der Waals surface area contributed by atoms with Gasteiger partial charge in [-0.05, 0) is 25.0 Å². The molecule has 0 aliphatic carbocycles. The second-order valence-electron chi connectivity index (χ2n) is 6.61. The van der Waals surface area contributed by atoms with Gasteiger partial charge in [0.2, 0.25) is 15.9 Å². The Morgan fingerprint density at radius 3 is 2.72 bits per heavy atom. The standard InChI is InChI=1S/C19H23N5O4S/c1-28-11-9-20-15(25)13-6-5-10-24(12-13)19(27)18-23-22-17(29-18)16(26)21-14-7-3-2-4-8-14/h2-4,7-8,13H,5-6,9-12H2,1H3,(H,20,25)(H,21,26)/t13-/m1/s1. The highest BCUT2D eigenvalue weighted by Gasteiger charge is 2.30. The number of nitrogens with zero attached hydrogens (tertiary/aromatic N) is 3. The number of hydrogen-bond acceptors (Lipinski definition) is 7. The lowest BCUT2D eigenvalue weighted by Gasteiger charge is -2.31. The number of amides is 3. The van der Waals surface area contributed by atoms with E-state index < -0.39 is 5.91 Å². The van der Waals surface area contributed by atoms with Crippen molar-refractivity contribution < 1.29 is 19.1 Å². The van der Waals surface area contributed by atoms with Crippen molar-refractivity contribution in [2.45, 2.75) is 12.8 Å². The minimum atomic E-state index is -0.415. The molecule has 1 aliphatic rings. The van der Waals surface area contributed by atoms with E-state index in [1.165, 1.54) is 0 Å². The van der Waals surface area contributed by atoms with Crippen LogP contribution in [0.1, 0.15) is 32.4 Å². The number of carbonyl (C=O) groups excluding carboxylic acids is 3. The number of hydrogen-bond donors (Lipinski definition) is 2. The molecule has 154 valence electrons. The van der Waals surface area contributed by atoms with Crippen molar-refractivity contribution in [2.24, 2.45) is 5.92 Å². The molecule has 0 bridgehead atoms. The summed E-state index contributed by atoms with van der Waals surface area (Å²) in [6.45, 7) is 1.75. The third-order valence-electron chi connectivity index (χ3n) is 4.52. The quantitative estimate of drug-likeness (QED) is 0.659. The molecular weight excluding hydrogens is 394 g/mol. The lowest BCUT2D eigenvalue weighted by Crippen LogP contribution is -2.45. The fraction of sp³-hybridized carbons (Fsp3) is 0.421. The highest BCUT2D eigenvalue weighted by atomic mass is 32.1. The van der Waals surface area contributed by atoms with Crippen LogP contribution >= 0.6 is 11.3 Å². The number of piperidine rings is 1. The molecule has 0 spiro atoms. The van der Waals surface area contributed by atoms with E-state index in [0.717, 1.165) is 24.2 Å². The smallest absolute Gasteiger partial charge is 0.286 e. The predicted octanol–water partition coefficient (Wildman–Crippen LogP) is 1.41. The van der Waals surface area contributed by atoms with E-state index in [2.05, 4.69) is 20.8 Å². The first-order chi connectivity index (χ1) is 14.1. The molecule has 1 fully saturated rings. The maximum absolute atomic E-state index is 12.8. The van der Waals surface area contributed by atoms with Gasteiger partial charge in [0, 0.05) is 32.4 Å². The van der Waals surface area contributed by atoms with Gasteiger partial charge in [-0.25, -0.2) is 0 Å². The second kappa shape index (κ2) is 10.1. The average Bonchev–Trinajstić information content (AvgIpc) is 3.24. The van der Waals surface area contributed by atoms with Crippen molar-refractivity contribution in [1.29, 1.82) is 0 Å². The van der Waals surface area contributed by atoms with Crippen LogP contribution in [-0.4, -0.2) is 66.2 Å². The molecule has 10 heteroatoms. The summed E-state index contributed by atoms with van der Waals surface area (Å²) in [6.07, 6.45) is 1.46. The fourth-order valence-electron chi connectivity index (χ4n) is 3.04. The Morgan fingerprint density at radius 2 is 1.97 bits per heavy atom. The molecule has 1 aromatic heterocycles. The number of ether oxygens (including phenoxy) is 1. The van der Waals surface area contributed by atoms with Crippen LogP contribution in [0, 0.1) is 5.92 Å². The number of methoxy groups -OCH3 is 1. The Kier molecular flexibility index (Phi) is 7.25. The number of para-hydroxylation sites is 1. The van der Waals surface area contributed by atoms with E-state index in [9.17, 15) is 14.4 Å². The van der Waals surface area contributed by atoms with Gasteiger partial charge in [-0.1, -0.05) is 29.5 Å². The molecule has 2 heterocycles. The van der Waals surface area contributed by atoms with Crippen LogP contribution in [0.4, 0.5) is 5.69 Å². The molecule has 2 N–H and O–H groups in total. The van der Waals surface area contributed by atoms with Gasteiger partial charge < -0.3 is 20.3 Å². The lowest BCUT2D eigenvalue weighted by atomic mass is 9.97. The first-order valence-electron chi connectivity index (χ1n) is 9.34. The van der Waals surface area contributed by atoms with Crippen LogP contribution < -0.4 is 10.6 Å². The molecule has 1 aliphatic heterocycles. The number of carbonyl (C=O) groups is 3. The molecule has 0 radical (unpaired) electrons. The SMILES string of the molecule is COCCNC(=O)[C@@H]1CCCN(C(=O)c2nnc(C(=O)Nc3ccccc3)s2)C1. The van der Waals surface area contributed by atoms with E-state index in [1.54, 1.807) is 24.1 Å². The molecular formula is C19H23N5O4S. The molecule has 3 rings (SSSR count). The summed E-state index contributed by atoms with van der Waals surface area (Å²) in [7, 11) is 1.57. The summed E-state index contributed by atoms with van der Waals surface area (Å²) < 4.78 is 4.93. The number of anilines is 1. The van der Waals surface area contributed by atoms with Gasteiger partial charge in [0.25, 0.3) is 11.8 Å². The molecule has 3 amide bonds. The number of nitrogens with one attached hydrogen (secondary N) is 2.